The lowest BCUT2D eigenvalue weighted by atomic mass is 10.2. The van der Waals surface area contributed by atoms with E-state index in [9.17, 15) is 4.39 Å². The van der Waals surface area contributed by atoms with Gasteiger partial charge in [-0.25, -0.2) is 4.39 Å². The fourth-order valence-corrected chi connectivity index (χ4v) is 2.69. The van der Waals surface area contributed by atoms with Crippen molar-refractivity contribution >= 4 is 10.9 Å². The van der Waals surface area contributed by atoms with Gasteiger partial charge >= 0.3 is 0 Å². The molecule has 22 heavy (non-hydrogen) atoms. The number of aromatic nitrogens is 1. The Bertz CT molecular complexity index is 772. The summed E-state index contributed by atoms with van der Waals surface area (Å²) in [4.78, 5) is 0. The first-order valence-corrected chi connectivity index (χ1v) is 7.41. The number of nitrogens with zero attached hydrogens (tertiary/aromatic N) is 1. The summed E-state index contributed by atoms with van der Waals surface area (Å²) in [6.45, 7) is 6.06. The minimum Gasteiger partial charge on any atom is -0.343 e. The van der Waals surface area contributed by atoms with Gasteiger partial charge in [-0.3, -0.25) is 0 Å². The van der Waals surface area contributed by atoms with Crippen LogP contribution in [-0.2, 0) is 13.1 Å². The van der Waals surface area contributed by atoms with E-state index in [1.165, 1.54) is 28.6 Å². The number of fused-ring (bicyclic) bond motifs is 1. The third-order valence-corrected chi connectivity index (χ3v) is 3.74. The molecule has 0 radical (unpaired) electrons. The highest BCUT2D eigenvalue weighted by Gasteiger charge is 2.08. The molecule has 0 fully saturated rings. The van der Waals surface area contributed by atoms with Gasteiger partial charge in [0.1, 0.15) is 5.82 Å². The topological polar surface area (TPSA) is 17.0 Å². The predicted octanol–water partition coefficient (Wildman–Crippen LogP) is 4.10. The van der Waals surface area contributed by atoms with Crippen molar-refractivity contribution in [1.29, 1.82) is 0 Å². The van der Waals surface area contributed by atoms with Crippen molar-refractivity contribution in [3.8, 4) is 0 Å². The molecule has 0 atom stereocenters. The van der Waals surface area contributed by atoms with Crippen LogP contribution in [0, 0.1) is 5.82 Å². The molecule has 0 amide bonds. The third kappa shape index (κ3) is 3.10. The smallest absolute Gasteiger partial charge is 0.123 e. The fourth-order valence-electron chi connectivity index (χ4n) is 2.69. The van der Waals surface area contributed by atoms with Gasteiger partial charge in [0.25, 0.3) is 0 Å². The molecule has 0 unspecified atom stereocenters. The maximum Gasteiger partial charge on any atom is 0.123 e. The first kappa shape index (κ1) is 14.5. The van der Waals surface area contributed by atoms with Crippen molar-refractivity contribution in [2.75, 3.05) is 6.54 Å². The van der Waals surface area contributed by atoms with Crippen LogP contribution in [0.3, 0.4) is 0 Å². The van der Waals surface area contributed by atoms with Gasteiger partial charge in [0.15, 0.2) is 0 Å². The van der Waals surface area contributed by atoms with Crippen molar-refractivity contribution in [1.82, 2.24) is 9.88 Å². The normalized spacial score (nSPS) is 11.0. The molecule has 1 heterocycles. The lowest BCUT2D eigenvalue weighted by Gasteiger charge is -2.05. The van der Waals surface area contributed by atoms with Crippen molar-refractivity contribution < 1.29 is 4.39 Å². The molecule has 2 nitrogen and oxygen atoms in total. The van der Waals surface area contributed by atoms with Crippen LogP contribution in [0.2, 0.25) is 0 Å². The molecule has 112 valence electrons. The van der Waals surface area contributed by atoms with Gasteiger partial charge in [0.2, 0.25) is 0 Å². The van der Waals surface area contributed by atoms with Gasteiger partial charge < -0.3 is 9.88 Å². The van der Waals surface area contributed by atoms with Crippen molar-refractivity contribution in [3.63, 3.8) is 0 Å². The lowest BCUT2D eigenvalue weighted by Crippen LogP contribution is -2.12. The highest BCUT2D eigenvalue weighted by atomic mass is 19.1. The van der Waals surface area contributed by atoms with E-state index in [1.807, 2.05) is 24.3 Å². The van der Waals surface area contributed by atoms with E-state index in [-0.39, 0.29) is 5.82 Å². The Labute approximate surface area is 129 Å². The Morgan fingerprint density at radius 3 is 2.64 bits per heavy atom. The summed E-state index contributed by atoms with van der Waals surface area (Å²) in [5.41, 5.74) is 3.55. The summed E-state index contributed by atoms with van der Waals surface area (Å²) in [5.74, 6) is -0.199. The number of halogens is 1. The standard InChI is InChI=1S/C19H19FN2/c1-2-11-21-12-16-14-22(19-6-4-3-5-18(16)19)13-15-7-9-17(20)10-8-15/h2-10,14,21H,1,11-13H2. The quantitative estimate of drug-likeness (QED) is 0.535. The summed E-state index contributed by atoms with van der Waals surface area (Å²) in [6.07, 6.45) is 4.03. The number of para-hydroxylation sites is 1. The van der Waals surface area contributed by atoms with Gasteiger partial charge in [-0.15, -0.1) is 6.58 Å². The maximum absolute atomic E-state index is 13.0. The zero-order valence-corrected chi connectivity index (χ0v) is 12.4. The second kappa shape index (κ2) is 6.58. The molecule has 0 spiro atoms. The highest BCUT2D eigenvalue weighted by Crippen LogP contribution is 2.22. The molecule has 0 bridgehead atoms. The number of hydrogen-bond donors (Lipinski definition) is 1. The molecule has 0 aliphatic heterocycles. The molecule has 1 aromatic heterocycles. The van der Waals surface area contributed by atoms with Crippen LogP contribution in [0.5, 0.6) is 0 Å². The zero-order chi connectivity index (χ0) is 15.4. The van der Waals surface area contributed by atoms with Gasteiger partial charge in [-0.1, -0.05) is 36.4 Å². The van der Waals surface area contributed by atoms with Crippen LogP contribution in [0.4, 0.5) is 4.39 Å². The van der Waals surface area contributed by atoms with E-state index < -0.39 is 0 Å². The van der Waals surface area contributed by atoms with E-state index in [1.54, 1.807) is 0 Å². The molecular formula is C19H19FN2. The third-order valence-electron chi connectivity index (χ3n) is 3.74. The first-order valence-electron chi connectivity index (χ1n) is 7.41. The number of rotatable bonds is 6. The minimum atomic E-state index is -0.199. The second-order valence-corrected chi connectivity index (χ2v) is 5.35. The lowest BCUT2D eigenvalue weighted by molar-refractivity contribution is 0.626. The molecule has 1 N–H and O–H groups in total. The van der Waals surface area contributed by atoms with Crippen LogP contribution < -0.4 is 5.32 Å². The molecule has 0 saturated heterocycles. The van der Waals surface area contributed by atoms with Gasteiger partial charge in [-0.05, 0) is 29.3 Å². The summed E-state index contributed by atoms with van der Waals surface area (Å²) in [5, 5.41) is 4.60. The highest BCUT2D eigenvalue weighted by molar-refractivity contribution is 5.84. The van der Waals surface area contributed by atoms with E-state index in [0.29, 0.717) is 0 Å². The SMILES string of the molecule is C=CCNCc1cn(Cc2ccc(F)cc2)c2ccccc12. The molecule has 2 aromatic carbocycles. The van der Waals surface area contributed by atoms with Crippen LogP contribution in [0.1, 0.15) is 11.1 Å². The number of benzene rings is 2. The van der Waals surface area contributed by atoms with E-state index in [2.05, 4.69) is 40.9 Å². The summed E-state index contributed by atoms with van der Waals surface area (Å²) >= 11 is 0. The Balaban J connectivity index is 1.91. The monoisotopic (exact) mass is 294 g/mol. The zero-order valence-electron chi connectivity index (χ0n) is 12.4. The van der Waals surface area contributed by atoms with Gasteiger partial charge in [0.05, 0.1) is 0 Å². The van der Waals surface area contributed by atoms with Crippen molar-refractivity contribution in [3.05, 3.63) is 84.3 Å². The Hall–Kier alpha value is -2.39. The summed E-state index contributed by atoms with van der Waals surface area (Å²) < 4.78 is 15.2. The Morgan fingerprint density at radius 1 is 1.09 bits per heavy atom. The van der Waals surface area contributed by atoms with Gasteiger partial charge in [-0.2, -0.15) is 0 Å². The average molecular weight is 294 g/mol. The fraction of sp³-hybridized carbons (Fsp3) is 0.158. The summed E-state index contributed by atoms with van der Waals surface area (Å²) in [6, 6.07) is 15.0. The maximum atomic E-state index is 13.0. The minimum absolute atomic E-state index is 0.199. The second-order valence-electron chi connectivity index (χ2n) is 5.35. The molecule has 0 saturated carbocycles. The predicted molar refractivity (Wildman–Crippen MR) is 89.3 cm³/mol. The molecule has 3 rings (SSSR count). The number of hydrogen-bond acceptors (Lipinski definition) is 1. The molecule has 0 aliphatic rings. The average Bonchev–Trinajstić information content (AvgIpc) is 2.88. The van der Waals surface area contributed by atoms with E-state index in [4.69, 9.17) is 0 Å². The van der Waals surface area contributed by atoms with Crippen molar-refractivity contribution in [2.45, 2.75) is 13.1 Å². The van der Waals surface area contributed by atoms with Crippen LogP contribution in [-0.4, -0.2) is 11.1 Å². The molecule has 3 aromatic rings. The van der Waals surface area contributed by atoms with Crippen molar-refractivity contribution in [2.24, 2.45) is 0 Å². The van der Waals surface area contributed by atoms with Crippen LogP contribution in [0.25, 0.3) is 10.9 Å². The first-order chi connectivity index (χ1) is 10.8. The van der Waals surface area contributed by atoms with Crippen LogP contribution in [0.15, 0.2) is 67.4 Å². The Morgan fingerprint density at radius 2 is 1.86 bits per heavy atom. The van der Waals surface area contributed by atoms with E-state index in [0.717, 1.165) is 25.2 Å². The number of nitrogens with one attached hydrogen (secondary N) is 1. The Kier molecular flexibility index (Phi) is 4.35. The van der Waals surface area contributed by atoms with Gasteiger partial charge in [0, 0.05) is 36.7 Å². The molecule has 0 aliphatic carbocycles. The largest absolute Gasteiger partial charge is 0.343 e. The molecule has 3 heteroatoms. The summed E-state index contributed by atoms with van der Waals surface area (Å²) in [7, 11) is 0. The van der Waals surface area contributed by atoms with Crippen LogP contribution >= 0.6 is 0 Å². The van der Waals surface area contributed by atoms with E-state index >= 15 is 0 Å². The molecular weight excluding hydrogens is 275 g/mol.